The van der Waals surface area contributed by atoms with Crippen LogP contribution in [0, 0.1) is 11.8 Å². The molecule has 8 heteroatoms. The lowest BCUT2D eigenvalue weighted by Gasteiger charge is -2.17. The summed E-state index contributed by atoms with van der Waals surface area (Å²) in [7, 11) is -3.59. The molecule has 2 N–H and O–H groups in total. The van der Waals surface area contributed by atoms with Gasteiger partial charge in [0.1, 0.15) is 0 Å². The molecule has 1 aromatic heterocycles. The van der Waals surface area contributed by atoms with Gasteiger partial charge in [-0.15, -0.1) is 11.3 Å². The van der Waals surface area contributed by atoms with E-state index in [1.165, 1.54) is 23.5 Å². The Hall–Kier alpha value is -1.74. The van der Waals surface area contributed by atoms with Gasteiger partial charge < -0.3 is 10.2 Å². The Labute approximate surface area is 157 Å². The second-order valence-electron chi connectivity index (χ2n) is 6.82. The van der Waals surface area contributed by atoms with Gasteiger partial charge in [-0.1, -0.05) is 6.07 Å². The lowest BCUT2D eigenvalue weighted by Crippen LogP contribution is -2.31. The topological polar surface area (TPSA) is 78.5 Å². The highest BCUT2D eigenvalue weighted by molar-refractivity contribution is 7.89. The van der Waals surface area contributed by atoms with E-state index < -0.39 is 10.0 Å². The van der Waals surface area contributed by atoms with Gasteiger partial charge in [-0.05, 0) is 47.5 Å². The Balaban J connectivity index is 1.42. The average molecular weight is 392 g/mol. The van der Waals surface area contributed by atoms with Crippen molar-refractivity contribution in [1.82, 2.24) is 14.9 Å². The number of likely N-dealkylation sites (tertiary alicyclic amines) is 1. The molecule has 0 unspecified atom stereocenters. The number of carbonyl (C=O) groups is 1. The number of hydrogen-bond donors (Lipinski definition) is 2. The maximum atomic E-state index is 12.7. The Morgan fingerprint density at radius 3 is 2.46 bits per heavy atom. The van der Waals surface area contributed by atoms with E-state index in [4.69, 9.17) is 0 Å². The molecule has 1 amide bonds. The largest absolute Gasteiger partial charge is 0.338 e. The van der Waals surface area contributed by atoms with E-state index in [9.17, 15) is 13.2 Å². The van der Waals surface area contributed by atoms with Crippen LogP contribution in [0.25, 0.3) is 0 Å². The molecule has 2 aromatic rings. The highest BCUT2D eigenvalue weighted by Crippen LogP contribution is 2.27. The summed E-state index contributed by atoms with van der Waals surface area (Å²) in [6.45, 7) is 3.77. The number of rotatable bonds is 5. The van der Waals surface area contributed by atoms with Crippen molar-refractivity contribution in [2.45, 2.75) is 11.4 Å². The molecule has 1 aromatic carbocycles. The monoisotopic (exact) mass is 391 g/mol. The molecule has 3 heterocycles. The van der Waals surface area contributed by atoms with Crippen LogP contribution >= 0.6 is 11.3 Å². The summed E-state index contributed by atoms with van der Waals surface area (Å²) >= 11 is 1.50. The standard InChI is InChI=1S/C18H21N3O3S2/c22-18(21-11-14-8-19-9-15(14)12-21)13-3-5-17(6-4-13)26(23,24)20-10-16-2-1-7-25-16/h1-7,14-15,19-20H,8-12H2/t14-,15+. The Morgan fingerprint density at radius 2 is 1.85 bits per heavy atom. The van der Waals surface area contributed by atoms with E-state index in [1.807, 2.05) is 22.4 Å². The second-order valence-corrected chi connectivity index (χ2v) is 9.62. The molecule has 2 saturated heterocycles. The molecule has 0 spiro atoms. The quantitative estimate of drug-likeness (QED) is 0.810. The zero-order chi connectivity index (χ0) is 18.1. The molecule has 0 radical (unpaired) electrons. The summed E-state index contributed by atoms with van der Waals surface area (Å²) in [4.78, 5) is 15.7. The molecule has 138 valence electrons. The van der Waals surface area contributed by atoms with Crippen LogP contribution in [0.5, 0.6) is 0 Å². The van der Waals surface area contributed by atoms with Crippen LogP contribution in [0.2, 0.25) is 0 Å². The van der Waals surface area contributed by atoms with Gasteiger partial charge >= 0.3 is 0 Å². The average Bonchev–Trinajstić information content (AvgIpc) is 3.36. The van der Waals surface area contributed by atoms with Crippen molar-refractivity contribution >= 4 is 27.3 Å². The molecule has 4 rings (SSSR count). The number of hydrogen-bond acceptors (Lipinski definition) is 5. The minimum Gasteiger partial charge on any atom is -0.338 e. The Kier molecular flexibility index (Phi) is 4.83. The molecular formula is C18H21N3O3S2. The number of nitrogens with zero attached hydrogens (tertiary/aromatic N) is 1. The minimum atomic E-state index is -3.59. The van der Waals surface area contributed by atoms with Gasteiger partial charge in [0, 0.05) is 43.2 Å². The molecule has 26 heavy (non-hydrogen) atoms. The van der Waals surface area contributed by atoms with Gasteiger partial charge in [0.05, 0.1) is 4.90 Å². The lowest BCUT2D eigenvalue weighted by atomic mass is 10.0. The molecule has 0 saturated carbocycles. The van der Waals surface area contributed by atoms with Crippen molar-refractivity contribution in [3.8, 4) is 0 Å². The van der Waals surface area contributed by atoms with E-state index in [0.29, 0.717) is 17.4 Å². The van der Waals surface area contributed by atoms with Crippen molar-refractivity contribution < 1.29 is 13.2 Å². The van der Waals surface area contributed by atoms with Crippen LogP contribution in [0.1, 0.15) is 15.2 Å². The van der Waals surface area contributed by atoms with E-state index in [0.717, 1.165) is 31.1 Å². The van der Waals surface area contributed by atoms with Crippen molar-refractivity contribution in [2.75, 3.05) is 26.2 Å². The summed E-state index contributed by atoms with van der Waals surface area (Å²) in [6.07, 6.45) is 0. The summed E-state index contributed by atoms with van der Waals surface area (Å²) in [5.74, 6) is 1.06. The fourth-order valence-electron chi connectivity index (χ4n) is 3.64. The SMILES string of the molecule is O=C(c1ccc(S(=O)(=O)NCc2cccs2)cc1)N1C[C@H]2CNC[C@H]2C1. The third-order valence-corrected chi connectivity index (χ3v) is 7.40. The number of benzene rings is 1. The first-order valence-corrected chi connectivity index (χ1v) is 11.0. The predicted octanol–water partition coefficient (Wildman–Crippen LogP) is 1.52. The van der Waals surface area contributed by atoms with Gasteiger partial charge in [0.25, 0.3) is 5.91 Å². The zero-order valence-electron chi connectivity index (χ0n) is 14.2. The van der Waals surface area contributed by atoms with E-state index in [1.54, 1.807) is 12.1 Å². The number of thiophene rings is 1. The molecule has 2 aliphatic rings. The van der Waals surface area contributed by atoms with Gasteiger partial charge in [-0.25, -0.2) is 13.1 Å². The first-order valence-electron chi connectivity index (χ1n) is 8.65. The third-order valence-electron chi connectivity index (χ3n) is 5.10. The van der Waals surface area contributed by atoms with Gasteiger partial charge in [-0.2, -0.15) is 0 Å². The number of sulfonamides is 1. The number of nitrogens with one attached hydrogen (secondary N) is 2. The fourth-order valence-corrected chi connectivity index (χ4v) is 5.39. The first kappa shape index (κ1) is 17.7. The highest BCUT2D eigenvalue weighted by atomic mass is 32.2. The Bertz CT molecular complexity index is 867. The Morgan fingerprint density at radius 1 is 1.15 bits per heavy atom. The maximum Gasteiger partial charge on any atom is 0.253 e. The third kappa shape index (κ3) is 3.55. The number of carbonyl (C=O) groups excluding carboxylic acids is 1. The zero-order valence-corrected chi connectivity index (χ0v) is 15.9. The van der Waals surface area contributed by atoms with Crippen LogP contribution in [0.3, 0.4) is 0 Å². The number of fused-ring (bicyclic) bond motifs is 1. The molecule has 2 aliphatic heterocycles. The van der Waals surface area contributed by atoms with E-state index in [2.05, 4.69) is 10.0 Å². The summed E-state index contributed by atoms with van der Waals surface area (Å²) in [6, 6.07) is 9.99. The normalized spacial score (nSPS) is 22.5. The fraction of sp³-hybridized carbons (Fsp3) is 0.389. The molecule has 0 aliphatic carbocycles. The van der Waals surface area contributed by atoms with Crippen molar-refractivity contribution in [3.63, 3.8) is 0 Å². The second kappa shape index (κ2) is 7.11. The van der Waals surface area contributed by atoms with Gasteiger partial charge in [0.2, 0.25) is 10.0 Å². The molecule has 0 bridgehead atoms. The smallest absolute Gasteiger partial charge is 0.253 e. The first-order chi connectivity index (χ1) is 12.5. The molecular weight excluding hydrogens is 370 g/mol. The van der Waals surface area contributed by atoms with Gasteiger partial charge in [0.15, 0.2) is 0 Å². The van der Waals surface area contributed by atoms with E-state index in [-0.39, 0.29) is 17.3 Å². The molecule has 2 atom stereocenters. The van der Waals surface area contributed by atoms with Crippen LogP contribution < -0.4 is 10.0 Å². The summed E-state index contributed by atoms with van der Waals surface area (Å²) in [5, 5.41) is 5.27. The van der Waals surface area contributed by atoms with Crippen molar-refractivity contribution in [2.24, 2.45) is 11.8 Å². The predicted molar refractivity (Wildman–Crippen MR) is 101 cm³/mol. The number of amides is 1. The van der Waals surface area contributed by atoms with E-state index >= 15 is 0 Å². The van der Waals surface area contributed by atoms with Crippen LogP contribution in [0.4, 0.5) is 0 Å². The van der Waals surface area contributed by atoms with Crippen molar-refractivity contribution in [3.05, 3.63) is 52.2 Å². The highest BCUT2D eigenvalue weighted by Gasteiger charge is 2.38. The van der Waals surface area contributed by atoms with Crippen LogP contribution in [0.15, 0.2) is 46.7 Å². The maximum absolute atomic E-state index is 12.7. The van der Waals surface area contributed by atoms with Crippen LogP contribution in [-0.2, 0) is 16.6 Å². The van der Waals surface area contributed by atoms with Gasteiger partial charge in [-0.3, -0.25) is 4.79 Å². The molecule has 6 nitrogen and oxygen atoms in total. The molecule has 2 fully saturated rings. The van der Waals surface area contributed by atoms with Crippen LogP contribution in [-0.4, -0.2) is 45.4 Å². The lowest BCUT2D eigenvalue weighted by molar-refractivity contribution is 0.0781. The van der Waals surface area contributed by atoms with Crippen molar-refractivity contribution in [1.29, 1.82) is 0 Å². The minimum absolute atomic E-state index is 0.0186. The summed E-state index contributed by atoms with van der Waals surface area (Å²) in [5.41, 5.74) is 0.537. The summed E-state index contributed by atoms with van der Waals surface area (Å²) < 4.78 is 27.4.